The summed E-state index contributed by atoms with van der Waals surface area (Å²) in [5, 5.41) is 16.5. The van der Waals surface area contributed by atoms with E-state index in [0.29, 0.717) is 18.2 Å². The van der Waals surface area contributed by atoms with E-state index >= 15 is 0 Å². The van der Waals surface area contributed by atoms with Crippen molar-refractivity contribution in [3.8, 4) is 17.3 Å². The minimum absolute atomic E-state index is 0.202. The summed E-state index contributed by atoms with van der Waals surface area (Å²) in [5.41, 5.74) is 1.97. The van der Waals surface area contributed by atoms with Crippen molar-refractivity contribution in [1.82, 2.24) is 35.9 Å². The first kappa shape index (κ1) is 14.6. The van der Waals surface area contributed by atoms with Crippen LogP contribution >= 0.6 is 0 Å². The van der Waals surface area contributed by atoms with Gasteiger partial charge < -0.3 is 10.1 Å². The van der Waals surface area contributed by atoms with Crippen LogP contribution in [0.2, 0.25) is 0 Å². The number of hydrogen-bond donors (Lipinski definition) is 2. The highest BCUT2D eigenvalue weighted by Gasteiger charge is 2.09. The van der Waals surface area contributed by atoms with Crippen LogP contribution in [0.5, 0.6) is 5.88 Å². The zero-order valence-corrected chi connectivity index (χ0v) is 12.2. The number of H-pyrrole nitrogens is 1. The van der Waals surface area contributed by atoms with Crippen molar-refractivity contribution in [3.63, 3.8) is 0 Å². The van der Waals surface area contributed by atoms with Gasteiger partial charge in [0.1, 0.15) is 5.69 Å². The van der Waals surface area contributed by atoms with Gasteiger partial charge in [-0.15, -0.1) is 10.2 Å². The molecule has 9 nitrogen and oxygen atoms in total. The van der Waals surface area contributed by atoms with E-state index in [1.807, 2.05) is 24.3 Å². The summed E-state index contributed by atoms with van der Waals surface area (Å²) in [6, 6.07) is 7.47. The maximum atomic E-state index is 12.0. The molecule has 0 radical (unpaired) electrons. The molecule has 0 aliphatic rings. The van der Waals surface area contributed by atoms with Gasteiger partial charge in [-0.25, -0.2) is 4.98 Å². The van der Waals surface area contributed by atoms with Crippen LogP contribution in [-0.4, -0.2) is 43.6 Å². The molecule has 2 heterocycles. The number of amides is 1. The third-order valence-electron chi connectivity index (χ3n) is 3.06. The van der Waals surface area contributed by atoms with Crippen molar-refractivity contribution in [2.75, 3.05) is 7.11 Å². The minimum Gasteiger partial charge on any atom is -0.480 e. The van der Waals surface area contributed by atoms with Crippen molar-refractivity contribution >= 4 is 5.91 Å². The van der Waals surface area contributed by atoms with Crippen LogP contribution in [-0.2, 0) is 6.54 Å². The first-order valence-electron chi connectivity index (χ1n) is 6.73. The maximum absolute atomic E-state index is 12.0. The molecule has 0 unspecified atom stereocenters. The summed E-state index contributed by atoms with van der Waals surface area (Å²) in [7, 11) is 1.47. The van der Waals surface area contributed by atoms with Crippen LogP contribution in [0.3, 0.4) is 0 Å². The third kappa shape index (κ3) is 3.46. The lowest BCUT2D eigenvalue weighted by atomic mass is 10.1. The van der Waals surface area contributed by atoms with Crippen LogP contribution in [0.15, 0.2) is 36.7 Å². The van der Waals surface area contributed by atoms with Gasteiger partial charge in [0, 0.05) is 12.1 Å². The Hall–Kier alpha value is -3.36. The second-order valence-corrected chi connectivity index (χ2v) is 4.56. The second kappa shape index (κ2) is 6.60. The molecule has 3 aromatic rings. The summed E-state index contributed by atoms with van der Waals surface area (Å²) in [5.74, 6) is 0.494. The van der Waals surface area contributed by atoms with Crippen molar-refractivity contribution < 1.29 is 9.53 Å². The van der Waals surface area contributed by atoms with Crippen LogP contribution in [0.4, 0.5) is 0 Å². The highest BCUT2D eigenvalue weighted by atomic mass is 16.5. The van der Waals surface area contributed by atoms with Gasteiger partial charge in [-0.05, 0) is 10.8 Å². The van der Waals surface area contributed by atoms with E-state index in [0.717, 1.165) is 11.1 Å². The summed E-state index contributed by atoms with van der Waals surface area (Å²) in [4.78, 5) is 20.0. The van der Waals surface area contributed by atoms with Gasteiger partial charge in [-0.3, -0.25) is 9.78 Å². The Morgan fingerprint density at radius 1 is 1.26 bits per heavy atom. The van der Waals surface area contributed by atoms with Crippen LogP contribution in [0.25, 0.3) is 11.4 Å². The highest BCUT2D eigenvalue weighted by molar-refractivity contribution is 5.92. The normalized spacial score (nSPS) is 10.3. The summed E-state index contributed by atoms with van der Waals surface area (Å²) < 4.78 is 4.94. The number of nitrogens with one attached hydrogen (secondary N) is 2. The molecule has 2 aromatic heterocycles. The molecule has 0 fully saturated rings. The van der Waals surface area contributed by atoms with Gasteiger partial charge in [-0.2, -0.15) is 5.21 Å². The third-order valence-corrected chi connectivity index (χ3v) is 3.06. The molecule has 0 atom stereocenters. The first-order valence-corrected chi connectivity index (χ1v) is 6.73. The van der Waals surface area contributed by atoms with Crippen molar-refractivity contribution in [3.05, 3.63) is 47.9 Å². The van der Waals surface area contributed by atoms with E-state index in [4.69, 9.17) is 4.74 Å². The van der Waals surface area contributed by atoms with Crippen LogP contribution in [0.1, 0.15) is 16.1 Å². The number of aromatic amines is 1. The molecule has 0 aliphatic heterocycles. The van der Waals surface area contributed by atoms with Crippen molar-refractivity contribution in [2.45, 2.75) is 6.54 Å². The smallest absolute Gasteiger partial charge is 0.271 e. The molecule has 0 aliphatic carbocycles. The Labute approximate surface area is 131 Å². The molecule has 23 heavy (non-hydrogen) atoms. The fraction of sp³-hybridized carbons (Fsp3) is 0.143. The Morgan fingerprint density at radius 2 is 2.09 bits per heavy atom. The fourth-order valence-electron chi connectivity index (χ4n) is 1.88. The molecule has 0 bridgehead atoms. The van der Waals surface area contributed by atoms with Gasteiger partial charge in [0.05, 0.1) is 19.5 Å². The van der Waals surface area contributed by atoms with E-state index in [-0.39, 0.29) is 11.6 Å². The molecule has 0 saturated heterocycles. The zero-order chi connectivity index (χ0) is 16.1. The van der Waals surface area contributed by atoms with Crippen molar-refractivity contribution in [2.24, 2.45) is 0 Å². The Kier molecular flexibility index (Phi) is 4.18. The van der Waals surface area contributed by atoms with Gasteiger partial charge in [0.15, 0.2) is 0 Å². The van der Waals surface area contributed by atoms with Gasteiger partial charge in [0.25, 0.3) is 5.91 Å². The number of tetrazole rings is 1. The molecule has 9 heteroatoms. The summed E-state index contributed by atoms with van der Waals surface area (Å²) in [6.07, 6.45) is 2.82. The van der Waals surface area contributed by atoms with E-state index in [1.165, 1.54) is 19.5 Å². The number of methoxy groups -OCH3 is 1. The van der Waals surface area contributed by atoms with E-state index in [1.54, 1.807) is 0 Å². The van der Waals surface area contributed by atoms with Crippen LogP contribution < -0.4 is 10.1 Å². The SMILES string of the molecule is COc1cncc(C(=O)NCc2ccc(-c3nn[nH]n3)cc2)n1. The second-order valence-electron chi connectivity index (χ2n) is 4.56. The molecule has 0 saturated carbocycles. The lowest BCUT2D eigenvalue weighted by Crippen LogP contribution is -2.24. The number of ether oxygens (including phenoxy) is 1. The number of carbonyl (C=O) groups is 1. The average Bonchev–Trinajstić information content (AvgIpc) is 3.15. The predicted octanol–water partition coefficient (Wildman–Crippen LogP) is 0.595. The number of aromatic nitrogens is 6. The Morgan fingerprint density at radius 3 is 2.78 bits per heavy atom. The number of nitrogens with zero attached hydrogens (tertiary/aromatic N) is 5. The molecule has 2 N–H and O–H groups in total. The van der Waals surface area contributed by atoms with Gasteiger partial charge in [-0.1, -0.05) is 24.3 Å². The fourth-order valence-corrected chi connectivity index (χ4v) is 1.88. The number of rotatable bonds is 5. The van der Waals surface area contributed by atoms with Gasteiger partial charge in [0.2, 0.25) is 11.7 Å². The lowest BCUT2D eigenvalue weighted by molar-refractivity contribution is 0.0944. The molecule has 0 spiro atoms. The average molecular weight is 311 g/mol. The van der Waals surface area contributed by atoms with Crippen molar-refractivity contribution in [1.29, 1.82) is 0 Å². The van der Waals surface area contributed by atoms with E-state index in [9.17, 15) is 4.79 Å². The maximum Gasteiger partial charge on any atom is 0.271 e. The quantitative estimate of drug-likeness (QED) is 0.708. The standard InChI is InChI=1S/C14H13N7O2/c1-23-12-8-15-7-11(17-12)14(22)16-6-9-2-4-10(5-3-9)13-18-20-21-19-13/h2-5,7-8H,6H2,1H3,(H,16,22)(H,18,19,20,21). The van der Waals surface area contributed by atoms with Crippen LogP contribution in [0, 0.1) is 0 Å². The summed E-state index contributed by atoms with van der Waals surface area (Å²) >= 11 is 0. The molecular formula is C14H13N7O2. The zero-order valence-electron chi connectivity index (χ0n) is 12.2. The largest absolute Gasteiger partial charge is 0.480 e. The monoisotopic (exact) mass is 311 g/mol. The van der Waals surface area contributed by atoms with Gasteiger partial charge >= 0.3 is 0 Å². The molecule has 116 valence electrons. The highest BCUT2D eigenvalue weighted by Crippen LogP contribution is 2.14. The number of benzene rings is 1. The molecule has 3 rings (SSSR count). The number of carbonyl (C=O) groups excluding carboxylic acids is 1. The molecule has 1 amide bonds. The lowest BCUT2D eigenvalue weighted by Gasteiger charge is -2.06. The topological polar surface area (TPSA) is 119 Å². The first-order chi connectivity index (χ1) is 11.3. The van der Waals surface area contributed by atoms with E-state index < -0.39 is 0 Å². The molecule has 1 aromatic carbocycles. The Bertz CT molecular complexity index is 787. The predicted molar refractivity (Wildman–Crippen MR) is 79.4 cm³/mol. The Balaban J connectivity index is 1.62. The minimum atomic E-state index is -0.321. The molecular weight excluding hydrogens is 298 g/mol. The van der Waals surface area contributed by atoms with E-state index in [2.05, 4.69) is 35.9 Å². The summed E-state index contributed by atoms with van der Waals surface area (Å²) in [6.45, 7) is 0.365. The number of hydrogen-bond acceptors (Lipinski definition) is 7.